The summed E-state index contributed by atoms with van der Waals surface area (Å²) in [6.07, 6.45) is -3.97. The molecule has 6 nitrogen and oxygen atoms in total. The van der Waals surface area contributed by atoms with Gasteiger partial charge in [-0.1, -0.05) is 60.7 Å². The fraction of sp³-hybridized carbons (Fsp3) is 0.317. The zero-order valence-corrected chi connectivity index (χ0v) is 29.7. The van der Waals surface area contributed by atoms with E-state index >= 15 is 0 Å². The first-order valence-electron chi connectivity index (χ1n) is 19.3. The van der Waals surface area contributed by atoms with E-state index in [2.05, 4.69) is 0 Å². The number of halogens is 5. The van der Waals surface area contributed by atoms with Crippen molar-refractivity contribution in [2.24, 2.45) is 0 Å². The van der Waals surface area contributed by atoms with Crippen LogP contribution in [0.4, 0.5) is 22.0 Å². The van der Waals surface area contributed by atoms with Crippen molar-refractivity contribution in [3.05, 3.63) is 136 Å². The second kappa shape index (κ2) is 16.7. The summed E-state index contributed by atoms with van der Waals surface area (Å²) in [6, 6.07) is 19.4. The number of hydrogen-bond donors (Lipinski definition) is 0. The van der Waals surface area contributed by atoms with Crippen molar-refractivity contribution >= 4 is 28.6 Å². The average molecular weight is 755 g/mol. The van der Waals surface area contributed by atoms with Crippen LogP contribution in [0.1, 0.15) is 49.3 Å². The van der Waals surface area contributed by atoms with E-state index in [9.17, 15) is 32.9 Å². The maximum Gasteiger partial charge on any atom is 0.416 e. The summed E-state index contributed by atoms with van der Waals surface area (Å²) in [5.74, 6) is -3.25. The summed E-state index contributed by atoms with van der Waals surface area (Å²) >= 11 is 0.429. The monoisotopic (exact) mass is 754 g/mol. The lowest BCUT2D eigenvalue weighted by Gasteiger charge is -2.42. The molecule has 0 radical (unpaired) electrons. The smallest absolute Gasteiger partial charge is 0.383 e. The molecule has 1 aromatic heterocycles. The maximum absolute atomic E-state index is 14.9. The number of fused-ring (bicyclic) bond motifs is 1. The lowest BCUT2D eigenvalue weighted by atomic mass is 9.96. The van der Waals surface area contributed by atoms with E-state index < -0.39 is 71.1 Å². The second-order valence-electron chi connectivity index (χ2n) is 12.6. The Labute approximate surface area is 316 Å². The molecular formula is C41H40F5N3O3S. The predicted octanol–water partition coefficient (Wildman–Crippen LogP) is 8.96. The SMILES string of the molecule is [2H]C([2H])(Sc1cc(=O)c2ccccc2n1CC(=O)N(C1CCN(C([2H])([2H])COC)CC1)C([2H])(C)c1ccc(-c2ccc(C(F)(F)F)cc2)cc1)c1cccc(F)c1F. The minimum Gasteiger partial charge on any atom is -0.383 e. The fourth-order valence-electron chi connectivity index (χ4n) is 6.45. The number of pyridine rings is 1. The molecular weight excluding hydrogens is 710 g/mol. The van der Waals surface area contributed by atoms with Crippen molar-refractivity contribution in [3.63, 3.8) is 0 Å². The van der Waals surface area contributed by atoms with E-state index in [1.54, 1.807) is 53.4 Å². The van der Waals surface area contributed by atoms with E-state index in [0.717, 1.165) is 36.4 Å². The summed E-state index contributed by atoms with van der Waals surface area (Å²) in [5.41, 5.74) is -2.80. The summed E-state index contributed by atoms with van der Waals surface area (Å²) in [6.45, 7) is -0.528. The van der Waals surface area contributed by atoms with Crippen molar-refractivity contribution in [1.29, 1.82) is 0 Å². The largest absolute Gasteiger partial charge is 0.416 e. The Hall–Kier alpha value is -4.52. The highest BCUT2D eigenvalue weighted by molar-refractivity contribution is 7.98. The number of likely N-dealkylation sites (tertiary alicyclic amines) is 1. The van der Waals surface area contributed by atoms with Crippen LogP contribution in [0.25, 0.3) is 22.0 Å². The fourth-order valence-corrected chi connectivity index (χ4v) is 7.26. The highest BCUT2D eigenvalue weighted by Gasteiger charge is 2.33. The predicted molar refractivity (Wildman–Crippen MR) is 198 cm³/mol. The Morgan fingerprint density at radius 2 is 1.64 bits per heavy atom. The summed E-state index contributed by atoms with van der Waals surface area (Å²) in [7, 11) is 1.40. The van der Waals surface area contributed by atoms with E-state index in [1.165, 1.54) is 35.6 Å². The van der Waals surface area contributed by atoms with Crippen LogP contribution in [0.15, 0.2) is 107 Å². The Kier molecular flexibility index (Phi) is 10.0. The summed E-state index contributed by atoms with van der Waals surface area (Å²) in [5, 5.41) is 0.158. The number of aromatic nitrogens is 1. The lowest BCUT2D eigenvalue weighted by Crippen LogP contribution is -2.49. The van der Waals surface area contributed by atoms with Gasteiger partial charge in [-0.2, -0.15) is 13.2 Å². The van der Waals surface area contributed by atoms with Gasteiger partial charge in [0.2, 0.25) is 5.91 Å². The molecule has 1 aliphatic heterocycles. The second-order valence-corrected chi connectivity index (χ2v) is 13.4. The van der Waals surface area contributed by atoms with E-state index in [0.29, 0.717) is 28.5 Å². The van der Waals surface area contributed by atoms with Gasteiger partial charge < -0.3 is 19.1 Å². The molecule has 1 amide bonds. The molecule has 0 aliphatic carbocycles. The molecule has 2 heterocycles. The number of carbonyl (C=O) groups is 1. The van der Waals surface area contributed by atoms with Crippen LogP contribution in [0.5, 0.6) is 0 Å². The number of para-hydroxylation sites is 1. The molecule has 1 atom stereocenters. The van der Waals surface area contributed by atoms with Gasteiger partial charge in [-0.05, 0) is 66.8 Å². The first-order chi connectivity index (χ1) is 27.2. The van der Waals surface area contributed by atoms with Crippen molar-refractivity contribution < 1.29 is 38.3 Å². The zero-order chi connectivity index (χ0) is 42.2. The molecule has 278 valence electrons. The van der Waals surface area contributed by atoms with Gasteiger partial charge in [-0.15, -0.1) is 11.8 Å². The third kappa shape index (κ3) is 8.83. The van der Waals surface area contributed by atoms with Gasteiger partial charge in [0.15, 0.2) is 17.1 Å². The number of methoxy groups -OCH3 is 1. The Morgan fingerprint density at radius 3 is 2.30 bits per heavy atom. The minimum atomic E-state index is -4.50. The Bertz CT molecular complexity index is 2340. The molecule has 0 N–H and O–H groups in total. The Balaban J connectivity index is 1.39. The van der Waals surface area contributed by atoms with Crippen LogP contribution >= 0.6 is 11.8 Å². The molecule has 1 saturated heterocycles. The molecule has 0 spiro atoms. The molecule has 12 heteroatoms. The Morgan fingerprint density at radius 1 is 0.981 bits per heavy atom. The standard InChI is InChI=1S/C41H40F5N3O3S/c1-27(28-10-12-29(13-11-28)30-14-16-32(17-15-30)41(44,45)46)49(33-18-20-47(21-19-33)22-23-52-2)38(51)25-48-36-9-4-3-7-34(36)37(50)24-39(48)53-26-31-6-5-8-35(42)40(31)43/h3-17,24,27,33H,18-23,25-26H2,1-2H3/i22D2,26D2,27D. The number of amides is 1. The first kappa shape index (κ1) is 32.0. The number of alkyl halides is 3. The molecule has 1 aliphatic rings. The lowest BCUT2D eigenvalue weighted by molar-refractivity contribution is -0.138. The molecule has 1 unspecified atom stereocenters. The zero-order valence-electron chi connectivity index (χ0n) is 33.9. The third-order valence-corrected chi connectivity index (χ3v) is 10.1. The molecule has 0 saturated carbocycles. The molecule has 53 heavy (non-hydrogen) atoms. The van der Waals surface area contributed by atoms with Crippen LogP contribution in [0.2, 0.25) is 0 Å². The number of benzene rings is 4. The van der Waals surface area contributed by atoms with Crippen molar-refractivity contribution in [3.8, 4) is 11.1 Å². The molecule has 5 aromatic rings. The number of ether oxygens (including phenoxy) is 1. The summed E-state index contributed by atoms with van der Waals surface area (Å²) in [4.78, 5) is 31.3. The first-order valence-corrected chi connectivity index (χ1v) is 17.7. The van der Waals surface area contributed by atoms with Crippen LogP contribution in [-0.2, 0) is 28.0 Å². The van der Waals surface area contributed by atoms with E-state index in [1.807, 2.05) is 0 Å². The van der Waals surface area contributed by atoms with Crippen molar-refractivity contribution in [2.45, 2.75) is 55.3 Å². The van der Waals surface area contributed by atoms with Gasteiger partial charge in [0.25, 0.3) is 0 Å². The van der Waals surface area contributed by atoms with Crippen molar-refractivity contribution in [1.82, 2.24) is 14.4 Å². The normalized spacial score (nSPS) is 17.3. The van der Waals surface area contributed by atoms with Gasteiger partial charge in [-0.25, -0.2) is 8.78 Å². The summed E-state index contributed by atoms with van der Waals surface area (Å²) < 4.78 is 120. The van der Waals surface area contributed by atoms with Gasteiger partial charge in [0.05, 0.1) is 30.1 Å². The van der Waals surface area contributed by atoms with Gasteiger partial charge in [0.1, 0.15) is 6.54 Å². The quantitative estimate of drug-likeness (QED) is 0.0941. The number of piperidine rings is 1. The third-order valence-electron chi connectivity index (χ3n) is 9.23. The number of carbonyl (C=O) groups excluding carboxylic acids is 1. The van der Waals surface area contributed by atoms with Gasteiger partial charge in [-0.3, -0.25) is 9.59 Å². The van der Waals surface area contributed by atoms with Gasteiger partial charge >= 0.3 is 6.18 Å². The maximum atomic E-state index is 14.9. The number of hydrogen-bond acceptors (Lipinski definition) is 5. The van der Waals surface area contributed by atoms with Gasteiger partial charge in [0, 0.05) is 60.9 Å². The van der Waals surface area contributed by atoms with E-state index in [4.69, 9.17) is 10.2 Å². The topological polar surface area (TPSA) is 54.8 Å². The van der Waals surface area contributed by atoms with Crippen LogP contribution < -0.4 is 5.43 Å². The molecule has 1 fully saturated rings. The molecule has 0 bridgehead atoms. The molecule has 6 rings (SSSR count). The number of rotatable bonds is 12. The van der Waals surface area contributed by atoms with Crippen LogP contribution in [-0.4, -0.2) is 59.6 Å². The van der Waals surface area contributed by atoms with Crippen LogP contribution in [0, 0.1) is 11.6 Å². The minimum absolute atomic E-state index is 0.0548. The van der Waals surface area contributed by atoms with Crippen molar-refractivity contribution in [2.75, 3.05) is 33.3 Å². The molecule has 4 aromatic carbocycles. The number of nitrogens with zero attached hydrogens (tertiary/aromatic N) is 3. The highest BCUT2D eigenvalue weighted by Crippen LogP contribution is 2.34. The van der Waals surface area contributed by atoms with Crippen LogP contribution in [0.3, 0.4) is 0 Å². The van der Waals surface area contributed by atoms with E-state index in [-0.39, 0.29) is 48.5 Å². The number of thioether (sulfide) groups is 1. The average Bonchev–Trinajstić information content (AvgIpc) is 3.17. The highest BCUT2D eigenvalue weighted by atomic mass is 32.2.